The van der Waals surface area contributed by atoms with Gasteiger partial charge in [0.25, 0.3) is 0 Å². The second-order valence-electron chi connectivity index (χ2n) is 9.47. The van der Waals surface area contributed by atoms with Crippen LogP contribution in [0.1, 0.15) is 67.0 Å². The molecule has 5 heteroatoms. The Morgan fingerprint density at radius 3 is 2.72 bits per heavy atom. The molecule has 1 N–H and O–H groups in total. The van der Waals surface area contributed by atoms with Crippen molar-refractivity contribution in [2.24, 2.45) is 11.3 Å². The number of nitrogens with zero attached hydrogens (tertiary/aromatic N) is 2. The van der Waals surface area contributed by atoms with E-state index in [2.05, 4.69) is 49.5 Å². The number of carbonyl (C=O) groups is 2. The molecule has 0 saturated heterocycles. The van der Waals surface area contributed by atoms with Crippen LogP contribution in [0.15, 0.2) is 24.5 Å². The van der Waals surface area contributed by atoms with E-state index in [4.69, 9.17) is 0 Å². The highest BCUT2D eigenvalue weighted by Crippen LogP contribution is 2.39. The number of nitrogens with one attached hydrogen (secondary N) is 1. The van der Waals surface area contributed by atoms with Gasteiger partial charge in [-0.25, -0.2) is 0 Å². The number of hydrogen-bond acceptors (Lipinski definition) is 3. The second kappa shape index (κ2) is 8.52. The van der Waals surface area contributed by atoms with E-state index < -0.39 is 0 Å². The minimum Gasteiger partial charge on any atom is -0.355 e. The first-order valence-electron chi connectivity index (χ1n) is 10.6. The summed E-state index contributed by atoms with van der Waals surface area (Å²) in [6.45, 7) is 12.2. The lowest BCUT2D eigenvalue weighted by Crippen LogP contribution is -2.30. The van der Waals surface area contributed by atoms with Gasteiger partial charge in [-0.15, -0.1) is 0 Å². The van der Waals surface area contributed by atoms with Gasteiger partial charge in [0.2, 0.25) is 5.91 Å². The second-order valence-corrected chi connectivity index (χ2v) is 9.47. The number of Topliss-reactive ketones (excluding diaryl/α,β-unsaturated/α-hetero) is 1. The fourth-order valence-corrected chi connectivity index (χ4v) is 4.35. The van der Waals surface area contributed by atoms with Crippen LogP contribution in [0.2, 0.25) is 0 Å². The maximum Gasteiger partial charge on any atom is 0.224 e. The summed E-state index contributed by atoms with van der Waals surface area (Å²) in [6.07, 6.45) is 5.99. The predicted octanol–water partition coefficient (Wildman–Crippen LogP) is 3.90. The number of ketones is 1. The maximum absolute atomic E-state index is 13.0. The van der Waals surface area contributed by atoms with Gasteiger partial charge < -0.3 is 9.88 Å². The predicted molar refractivity (Wildman–Crippen MR) is 115 cm³/mol. The third-order valence-corrected chi connectivity index (χ3v) is 5.67. The normalized spacial score (nSPS) is 15.4. The molecule has 0 aromatic carbocycles. The van der Waals surface area contributed by atoms with Crippen molar-refractivity contribution in [3.8, 4) is 0 Å². The number of amides is 1. The van der Waals surface area contributed by atoms with Crippen LogP contribution >= 0.6 is 0 Å². The molecule has 0 saturated carbocycles. The maximum atomic E-state index is 13.0. The molecule has 0 radical (unpaired) electrons. The summed E-state index contributed by atoms with van der Waals surface area (Å²) in [6, 6.07) is 3.91. The summed E-state index contributed by atoms with van der Waals surface area (Å²) in [5.74, 6) is 0.630. The molecule has 5 nitrogen and oxygen atoms in total. The minimum absolute atomic E-state index is 0.0286. The molecule has 0 bridgehead atoms. The molecule has 0 unspecified atom stereocenters. The zero-order valence-corrected chi connectivity index (χ0v) is 18.3. The largest absolute Gasteiger partial charge is 0.355 e. The van der Waals surface area contributed by atoms with Gasteiger partial charge in [0.15, 0.2) is 5.78 Å². The summed E-state index contributed by atoms with van der Waals surface area (Å²) in [5.41, 5.74) is 4.98. The van der Waals surface area contributed by atoms with Crippen molar-refractivity contribution in [3.63, 3.8) is 0 Å². The number of carbonyl (C=O) groups excluding carboxylic acids is 2. The average Bonchev–Trinajstić information content (AvgIpc) is 2.87. The van der Waals surface area contributed by atoms with Gasteiger partial charge in [-0.3, -0.25) is 14.6 Å². The Kier molecular flexibility index (Phi) is 6.25. The van der Waals surface area contributed by atoms with Gasteiger partial charge in [-0.2, -0.15) is 0 Å². The van der Waals surface area contributed by atoms with Crippen LogP contribution in [-0.4, -0.2) is 27.8 Å². The molecular formula is C24H33N3O2. The van der Waals surface area contributed by atoms with Gasteiger partial charge in [-0.05, 0) is 48.3 Å². The zero-order valence-electron chi connectivity index (χ0n) is 18.3. The van der Waals surface area contributed by atoms with E-state index >= 15 is 0 Å². The Balaban J connectivity index is 1.79. The van der Waals surface area contributed by atoms with Crippen LogP contribution in [0.4, 0.5) is 0 Å². The first-order valence-corrected chi connectivity index (χ1v) is 10.6. The molecule has 0 aliphatic heterocycles. The van der Waals surface area contributed by atoms with Gasteiger partial charge in [-0.1, -0.05) is 33.8 Å². The quantitative estimate of drug-likeness (QED) is 0.773. The smallest absolute Gasteiger partial charge is 0.224 e. The van der Waals surface area contributed by atoms with Gasteiger partial charge in [0.05, 0.1) is 6.42 Å². The monoisotopic (exact) mass is 395 g/mol. The standard InChI is InChI=1S/C24H33N3O2/c1-16(2)15-27-17(3)19(23-20(27)12-24(4,5)13-21(23)28)11-22(29)26-10-8-18-7-6-9-25-14-18/h6-7,9,14,16H,8,10-13,15H2,1-5H3,(H,26,29). The molecule has 156 valence electrons. The molecular weight excluding hydrogens is 362 g/mol. The fourth-order valence-electron chi connectivity index (χ4n) is 4.35. The summed E-state index contributed by atoms with van der Waals surface area (Å²) in [7, 11) is 0. The summed E-state index contributed by atoms with van der Waals surface area (Å²) < 4.78 is 2.29. The topological polar surface area (TPSA) is 64.0 Å². The average molecular weight is 396 g/mol. The highest BCUT2D eigenvalue weighted by atomic mass is 16.1. The van der Waals surface area contributed by atoms with Crippen LogP contribution in [-0.2, 0) is 30.6 Å². The molecule has 2 aromatic rings. The molecule has 1 aliphatic rings. The molecule has 1 aliphatic carbocycles. The number of pyridine rings is 1. The Hall–Kier alpha value is -2.43. The lowest BCUT2D eigenvalue weighted by atomic mass is 9.75. The molecule has 0 fully saturated rings. The molecule has 3 rings (SSSR count). The highest BCUT2D eigenvalue weighted by Gasteiger charge is 2.37. The van der Waals surface area contributed by atoms with E-state index in [1.807, 2.05) is 18.3 Å². The summed E-state index contributed by atoms with van der Waals surface area (Å²) >= 11 is 0. The first-order chi connectivity index (χ1) is 13.7. The molecule has 2 heterocycles. The highest BCUT2D eigenvalue weighted by molar-refractivity contribution is 6.01. The molecule has 0 spiro atoms. The van der Waals surface area contributed by atoms with E-state index in [1.165, 1.54) is 0 Å². The summed E-state index contributed by atoms with van der Waals surface area (Å²) in [5, 5.41) is 3.01. The SMILES string of the molecule is Cc1c(CC(=O)NCCc2cccnc2)c2c(n1CC(C)C)CC(C)(C)CC2=O. The third kappa shape index (κ3) is 4.95. The Morgan fingerprint density at radius 2 is 2.07 bits per heavy atom. The van der Waals surface area contributed by atoms with Gasteiger partial charge in [0.1, 0.15) is 0 Å². The van der Waals surface area contributed by atoms with Crippen LogP contribution in [0.5, 0.6) is 0 Å². The lowest BCUT2D eigenvalue weighted by molar-refractivity contribution is -0.120. The van der Waals surface area contributed by atoms with Crippen molar-refractivity contribution in [3.05, 3.63) is 52.6 Å². The van der Waals surface area contributed by atoms with Crippen molar-refractivity contribution in [1.29, 1.82) is 0 Å². The first kappa shape index (κ1) is 21.3. The van der Waals surface area contributed by atoms with Gasteiger partial charge in [0, 0.05) is 48.9 Å². The minimum atomic E-state index is -0.0349. The van der Waals surface area contributed by atoms with Crippen LogP contribution in [0, 0.1) is 18.3 Å². The van der Waals surface area contributed by atoms with Crippen molar-refractivity contribution in [2.75, 3.05) is 6.54 Å². The lowest BCUT2D eigenvalue weighted by Gasteiger charge is -2.30. The van der Waals surface area contributed by atoms with Crippen LogP contribution < -0.4 is 5.32 Å². The van der Waals surface area contributed by atoms with Crippen LogP contribution in [0.3, 0.4) is 0 Å². The summed E-state index contributed by atoms with van der Waals surface area (Å²) in [4.78, 5) is 29.8. The fraction of sp³-hybridized carbons (Fsp3) is 0.542. The number of rotatable bonds is 7. The van der Waals surface area contributed by atoms with Crippen molar-refractivity contribution in [1.82, 2.24) is 14.9 Å². The van der Waals surface area contributed by atoms with E-state index in [9.17, 15) is 9.59 Å². The molecule has 2 aromatic heterocycles. The van der Waals surface area contributed by atoms with Crippen molar-refractivity contribution >= 4 is 11.7 Å². The van der Waals surface area contributed by atoms with E-state index in [-0.39, 0.29) is 23.5 Å². The Bertz CT molecular complexity index is 895. The van der Waals surface area contributed by atoms with Gasteiger partial charge >= 0.3 is 0 Å². The van der Waals surface area contributed by atoms with Crippen molar-refractivity contribution in [2.45, 2.75) is 66.8 Å². The van der Waals surface area contributed by atoms with E-state index in [0.717, 1.165) is 47.5 Å². The number of fused-ring (bicyclic) bond motifs is 1. The third-order valence-electron chi connectivity index (χ3n) is 5.67. The van der Waals surface area contributed by atoms with E-state index in [0.29, 0.717) is 18.9 Å². The molecule has 1 amide bonds. The molecule has 29 heavy (non-hydrogen) atoms. The van der Waals surface area contributed by atoms with Crippen molar-refractivity contribution < 1.29 is 9.59 Å². The van der Waals surface area contributed by atoms with E-state index in [1.54, 1.807) is 6.20 Å². The Morgan fingerprint density at radius 1 is 1.31 bits per heavy atom. The number of aromatic nitrogens is 2. The van der Waals surface area contributed by atoms with Crippen LogP contribution in [0.25, 0.3) is 0 Å². The number of hydrogen-bond donors (Lipinski definition) is 1. The Labute approximate surface area is 173 Å². The zero-order chi connectivity index (χ0) is 21.2. The molecule has 0 atom stereocenters.